The van der Waals surface area contributed by atoms with Gasteiger partial charge in [0.25, 0.3) is 5.91 Å². The Morgan fingerprint density at radius 2 is 1.93 bits per heavy atom. The molecule has 0 spiro atoms. The van der Waals surface area contributed by atoms with E-state index in [2.05, 4.69) is 16.0 Å². The molecule has 0 radical (unpaired) electrons. The number of ether oxygens (including phenoxy) is 3. The zero-order valence-electron chi connectivity index (χ0n) is 23.5. The van der Waals surface area contributed by atoms with E-state index in [1.807, 2.05) is 25.1 Å². The quantitative estimate of drug-likeness (QED) is 0.282. The first-order valence-electron chi connectivity index (χ1n) is 14.0. The molecule has 5 heterocycles. The van der Waals surface area contributed by atoms with Gasteiger partial charge in [-0.25, -0.2) is 4.98 Å². The van der Waals surface area contributed by atoms with Gasteiger partial charge in [-0.3, -0.25) is 19.5 Å². The third kappa shape index (κ3) is 5.31. The second kappa shape index (κ2) is 11.6. The van der Waals surface area contributed by atoms with Crippen molar-refractivity contribution < 1.29 is 28.2 Å². The third-order valence-electron chi connectivity index (χ3n) is 7.73. The summed E-state index contributed by atoms with van der Waals surface area (Å²) < 4.78 is 23.4. The van der Waals surface area contributed by atoms with Crippen molar-refractivity contribution in [2.75, 3.05) is 26.9 Å². The van der Waals surface area contributed by atoms with Gasteiger partial charge in [0.2, 0.25) is 5.91 Å². The van der Waals surface area contributed by atoms with Crippen molar-refractivity contribution >= 4 is 22.9 Å². The highest BCUT2D eigenvalue weighted by molar-refractivity contribution is 6.05. The first kappa shape index (κ1) is 27.4. The molecule has 10 nitrogen and oxygen atoms in total. The van der Waals surface area contributed by atoms with Gasteiger partial charge in [-0.15, -0.1) is 0 Å². The average Bonchev–Trinajstić information content (AvgIpc) is 3.47. The molecule has 2 aliphatic rings. The highest BCUT2D eigenvalue weighted by Crippen LogP contribution is 2.38. The minimum Gasteiger partial charge on any atom is -0.494 e. The summed E-state index contributed by atoms with van der Waals surface area (Å²) in [7, 11) is 1.49. The number of methoxy groups -OCH3 is 1. The Kier molecular flexibility index (Phi) is 7.59. The Labute approximate surface area is 242 Å². The van der Waals surface area contributed by atoms with Crippen LogP contribution in [0.5, 0.6) is 11.5 Å². The number of carbonyl (C=O) groups is 2. The normalized spacial score (nSPS) is 17.7. The molecule has 2 saturated heterocycles. The van der Waals surface area contributed by atoms with Gasteiger partial charge in [-0.1, -0.05) is 13.0 Å². The molecule has 0 saturated carbocycles. The molecular formula is C32H30N4O6. The number of carbonyl (C=O) groups excluding carboxylic acids is 2. The van der Waals surface area contributed by atoms with E-state index in [-0.39, 0.29) is 23.5 Å². The summed E-state index contributed by atoms with van der Waals surface area (Å²) in [4.78, 5) is 35.8. The highest BCUT2D eigenvalue weighted by Gasteiger charge is 2.30. The topological polar surface area (TPSA) is 128 Å². The number of hydrogen-bond donors (Lipinski definition) is 0. The predicted octanol–water partition coefficient (Wildman–Crippen LogP) is 5.39. The zero-order valence-corrected chi connectivity index (χ0v) is 23.5. The van der Waals surface area contributed by atoms with Crippen LogP contribution in [-0.4, -0.2) is 59.7 Å². The van der Waals surface area contributed by atoms with Crippen LogP contribution in [0.2, 0.25) is 0 Å². The van der Waals surface area contributed by atoms with Crippen LogP contribution in [-0.2, 0) is 9.53 Å². The summed E-state index contributed by atoms with van der Waals surface area (Å²) in [6, 6.07) is 12.9. The molecule has 6 rings (SSSR count). The van der Waals surface area contributed by atoms with Crippen molar-refractivity contribution in [3.8, 4) is 40.1 Å². The van der Waals surface area contributed by atoms with E-state index in [1.54, 1.807) is 24.4 Å². The summed E-state index contributed by atoms with van der Waals surface area (Å²) in [5, 5.41) is 9.86. The van der Waals surface area contributed by atoms with Crippen molar-refractivity contribution in [2.24, 2.45) is 5.92 Å². The summed E-state index contributed by atoms with van der Waals surface area (Å²) in [5.74, 6) is 0.958. The maximum atomic E-state index is 13.1. The van der Waals surface area contributed by atoms with Crippen LogP contribution in [0, 0.1) is 17.2 Å². The zero-order chi connectivity index (χ0) is 29.2. The van der Waals surface area contributed by atoms with E-state index in [0.717, 1.165) is 30.4 Å². The minimum absolute atomic E-state index is 0.0185. The molecule has 3 aromatic heterocycles. The van der Waals surface area contributed by atoms with Crippen LogP contribution >= 0.6 is 0 Å². The van der Waals surface area contributed by atoms with Gasteiger partial charge in [0.05, 0.1) is 31.5 Å². The molecule has 1 unspecified atom stereocenters. The van der Waals surface area contributed by atoms with Crippen molar-refractivity contribution in [2.45, 2.75) is 38.7 Å². The molecule has 2 amide bonds. The number of piperidine rings is 1. The van der Waals surface area contributed by atoms with Gasteiger partial charge in [-0.2, -0.15) is 5.26 Å². The molecule has 10 heteroatoms. The second-order valence-corrected chi connectivity index (χ2v) is 10.7. The summed E-state index contributed by atoms with van der Waals surface area (Å²) in [6.45, 7) is 3.71. The first-order chi connectivity index (χ1) is 20.4. The Balaban J connectivity index is 1.31. The molecule has 2 fully saturated rings. The monoisotopic (exact) mass is 566 g/mol. The SMILES string of the molecule is COc1cc(C(=O)N2CC(C)CCC2=O)cnc1-c1cc2nccc(-c3ccc(OC4CCOCC4)c(C#N)c3)c2o1. The minimum atomic E-state index is -0.394. The fourth-order valence-corrected chi connectivity index (χ4v) is 5.41. The highest BCUT2D eigenvalue weighted by atomic mass is 16.5. The summed E-state index contributed by atoms with van der Waals surface area (Å²) >= 11 is 0. The lowest BCUT2D eigenvalue weighted by Crippen LogP contribution is -2.43. The molecule has 0 bridgehead atoms. The summed E-state index contributed by atoms with van der Waals surface area (Å²) in [6.07, 6.45) is 5.83. The van der Waals surface area contributed by atoms with Crippen LogP contribution in [0.4, 0.5) is 0 Å². The number of nitriles is 1. The predicted molar refractivity (Wildman–Crippen MR) is 153 cm³/mol. The number of rotatable bonds is 6. The maximum Gasteiger partial charge on any atom is 0.262 e. The molecule has 2 aliphatic heterocycles. The van der Waals surface area contributed by atoms with E-state index in [0.29, 0.717) is 65.8 Å². The van der Waals surface area contributed by atoms with Crippen molar-refractivity contribution in [3.05, 3.63) is 59.9 Å². The number of amides is 2. The molecule has 214 valence electrons. The van der Waals surface area contributed by atoms with Crippen LogP contribution in [0.1, 0.15) is 48.5 Å². The fraction of sp³-hybridized carbons (Fsp3) is 0.344. The molecule has 1 aromatic carbocycles. The number of hydrogen-bond acceptors (Lipinski definition) is 9. The van der Waals surface area contributed by atoms with Crippen LogP contribution in [0.25, 0.3) is 33.7 Å². The number of pyridine rings is 2. The van der Waals surface area contributed by atoms with Gasteiger partial charge in [0, 0.05) is 49.8 Å². The lowest BCUT2D eigenvalue weighted by atomic mass is 9.99. The number of imide groups is 1. The lowest BCUT2D eigenvalue weighted by molar-refractivity contribution is -0.131. The molecule has 42 heavy (non-hydrogen) atoms. The fourth-order valence-electron chi connectivity index (χ4n) is 5.41. The number of likely N-dealkylation sites (tertiary alicyclic amines) is 1. The molecule has 1 atom stereocenters. The first-order valence-corrected chi connectivity index (χ1v) is 14.0. The van der Waals surface area contributed by atoms with Crippen molar-refractivity contribution in [1.82, 2.24) is 14.9 Å². The number of fused-ring (bicyclic) bond motifs is 1. The number of furan rings is 1. The van der Waals surface area contributed by atoms with E-state index in [1.165, 1.54) is 18.2 Å². The smallest absolute Gasteiger partial charge is 0.262 e. The lowest BCUT2D eigenvalue weighted by Gasteiger charge is -2.29. The number of aromatic nitrogens is 2. The molecule has 4 aromatic rings. The largest absolute Gasteiger partial charge is 0.494 e. The Morgan fingerprint density at radius 3 is 2.71 bits per heavy atom. The summed E-state index contributed by atoms with van der Waals surface area (Å²) in [5.41, 5.74) is 3.74. The number of nitrogens with zero attached hydrogens (tertiary/aromatic N) is 4. The van der Waals surface area contributed by atoms with Crippen LogP contribution < -0.4 is 9.47 Å². The third-order valence-corrected chi connectivity index (χ3v) is 7.73. The van der Waals surface area contributed by atoms with Gasteiger partial charge >= 0.3 is 0 Å². The van der Waals surface area contributed by atoms with Gasteiger partial charge in [0.15, 0.2) is 11.3 Å². The Hall–Kier alpha value is -4.75. The average molecular weight is 567 g/mol. The van der Waals surface area contributed by atoms with Gasteiger partial charge in [0.1, 0.15) is 34.9 Å². The van der Waals surface area contributed by atoms with E-state index < -0.39 is 5.91 Å². The van der Waals surface area contributed by atoms with E-state index in [4.69, 9.17) is 18.6 Å². The van der Waals surface area contributed by atoms with Crippen molar-refractivity contribution in [3.63, 3.8) is 0 Å². The van der Waals surface area contributed by atoms with Crippen molar-refractivity contribution in [1.29, 1.82) is 5.26 Å². The Morgan fingerprint density at radius 1 is 1.10 bits per heavy atom. The van der Waals surface area contributed by atoms with Gasteiger partial charge in [-0.05, 0) is 42.2 Å². The number of benzene rings is 1. The molecular weight excluding hydrogens is 536 g/mol. The molecule has 0 aliphatic carbocycles. The second-order valence-electron chi connectivity index (χ2n) is 10.7. The van der Waals surface area contributed by atoms with E-state index >= 15 is 0 Å². The maximum absolute atomic E-state index is 13.1. The van der Waals surface area contributed by atoms with Crippen LogP contribution in [0.15, 0.2) is 53.2 Å². The molecule has 0 N–H and O–H groups in total. The van der Waals surface area contributed by atoms with Gasteiger partial charge < -0.3 is 18.6 Å². The van der Waals surface area contributed by atoms with E-state index in [9.17, 15) is 14.9 Å². The Bertz CT molecular complexity index is 1700. The van der Waals surface area contributed by atoms with Crippen LogP contribution in [0.3, 0.4) is 0 Å². The standard InChI is InChI=1S/C32H30N4O6/c1-19-3-6-29(37)36(18-19)32(38)22-14-27(39-2)30(35-17-22)28-15-25-31(42-28)24(7-10-34-25)20-4-5-26(21(13-20)16-33)41-23-8-11-40-12-9-23/h4-5,7,10,13-15,17,19,23H,3,6,8-9,11-12,18H2,1-2H3.